The molecule has 0 saturated heterocycles. The van der Waals surface area contributed by atoms with E-state index in [4.69, 9.17) is 42.9 Å². The Kier molecular flexibility index (Phi) is 7.34. The predicted molar refractivity (Wildman–Crippen MR) is 113 cm³/mol. The van der Waals surface area contributed by atoms with Crippen LogP contribution in [0.4, 0.5) is 0 Å². The fourth-order valence-corrected chi connectivity index (χ4v) is 2.95. The molecule has 166 valence electrons. The first-order valence-corrected chi connectivity index (χ1v) is 10.0. The Morgan fingerprint density at radius 2 is 2.03 bits per heavy atom. The van der Waals surface area contributed by atoms with Crippen molar-refractivity contribution >= 4 is 40.1 Å². The second-order valence-corrected chi connectivity index (χ2v) is 7.95. The minimum atomic E-state index is -1.42. The maximum atomic E-state index is 12.4. The Balaban J connectivity index is 1.73. The molecule has 0 amide bonds. The standard InChI is InChI=1S/C20H21Cl2N3O6/c1-11(19(28)30-10-20(23,8-26)9-27)18-14-4-15(22)17(5-16(14)31-25-18)29-7-13-3-2-12(21)6-24-13/h2-6,11,26-27H,7-10,23H2,1H3. The van der Waals surface area contributed by atoms with Crippen LogP contribution in [-0.2, 0) is 16.1 Å². The van der Waals surface area contributed by atoms with Crippen molar-refractivity contribution in [3.8, 4) is 5.75 Å². The zero-order chi connectivity index (χ0) is 22.6. The Labute approximate surface area is 187 Å². The van der Waals surface area contributed by atoms with Gasteiger partial charge in [-0.1, -0.05) is 28.4 Å². The lowest BCUT2D eigenvalue weighted by Crippen LogP contribution is -2.52. The van der Waals surface area contributed by atoms with Crippen LogP contribution in [-0.4, -0.2) is 51.7 Å². The SMILES string of the molecule is CC(C(=O)OCC(N)(CO)CO)c1noc2cc(OCc3ccc(Cl)cn3)c(Cl)cc12. The number of aromatic nitrogens is 2. The average molecular weight is 470 g/mol. The molecule has 31 heavy (non-hydrogen) atoms. The van der Waals surface area contributed by atoms with E-state index < -0.39 is 30.6 Å². The summed E-state index contributed by atoms with van der Waals surface area (Å²) in [6.45, 7) is 0.323. The highest BCUT2D eigenvalue weighted by Gasteiger charge is 2.29. The highest BCUT2D eigenvalue weighted by molar-refractivity contribution is 6.32. The minimum Gasteiger partial charge on any atom is -0.486 e. The number of nitrogens with zero attached hydrogens (tertiary/aromatic N) is 2. The number of hydrogen-bond acceptors (Lipinski definition) is 9. The number of ether oxygens (including phenoxy) is 2. The van der Waals surface area contributed by atoms with Gasteiger partial charge < -0.3 is 29.9 Å². The molecule has 4 N–H and O–H groups in total. The smallest absolute Gasteiger partial charge is 0.314 e. The molecule has 0 fully saturated rings. The maximum Gasteiger partial charge on any atom is 0.314 e. The lowest BCUT2D eigenvalue weighted by atomic mass is 10.0. The molecule has 0 aliphatic heterocycles. The van der Waals surface area contributed by atoms with Crippen molar-refractivity contribution < 1.29 is 29.0 Å². The van der Waals surface area contributed by atoms with Gasteiger partial charge >= 0.3 is 5.97 Å². The fraction of sp³-hybridized carbons (Fsp3) is 0.350. The molecule has 2 aromatic heterocycles. The summed E-state index contributed by atoms with van der Waals surface area (Å²) in [6.07, 6.45) is 1.52. The van der Waals surface area contributed by atoms with E-state index in [1.807, 2.05) is 0 Å². The molecule has 0 spiro atoms. The lowest BCUT2D eigenvalue weighted by molar-refractivity contribution is -0.148. The van der Waals surface area contributed by atoms with E-state index in [1.54, 1.807) is 31.2 Å². The number of hydrogen-bond donors (Lipinski definition) is 3. The van der Waals surface area contributed by atoms with E-state index in [0.29, 0.717) is 38.2 Å². The Morgan fingerprint density at radius 1 is 1.29 bits per heavy atom. The van der Waals surface area contributed by atoms with E-state index in [2.05, 4.69) is 10.1 Å². The average Bonchev–Trinajstić information content (AvgIpc) is 3.18. The Hall–Kier alpha value is -2.43. The molecule has 1 unspecified atom stereocenters. The summed E-state index contributed by atoms with van der Waals surface area (Å²) in [6, 6.07) is 6.60. The first kappa shape index (κ1) is 23.2. The van der Waals surface area contributed by atoms with Gasteiger partial charge in [0.25, 0.3) is 0 Å². The minimum absolute atomic E-state index is 0.169. The third-order valence-electron chi connectivity index (χ3n) is 4.61. The molecule has 2 heterocycles. The van der Waals surface area contributed by atoms with Crippen LogP contribution in [0, 0.1) is 0 Å². The topological polar surface area (TPSA) is 141 Å². The van der Waals surface area contributed by atoms with Crippen molar-refractivity contribution in [2.24, 2.45) is 5.73 Å². The molecule has 3 aromatic rings. The summed E-state index contributed by atoms with van der Waals surface area (Å²) in [7, 11) is 0. The summed E-state index contributed by atoms with van der Waals surface area (Å²) < 4.78 is 16.2. The van der Waals surface area contributed by atoms with Crippen molar-refractivity contribution in [1.29, 1.82) is 0 Å². The van der Waals surface area contributed by atoms with Crippen LogP contribution in [0.1, 0.15) is 24.2 Å². The summed E-state index contributed by atoms with van der Waals surface area (Å²) in [5.74, 6) is -1.08. The van der Waals surface area contributed by atoms with Gasteiger partial charge in [0.2, 0.25) is 0 Å². The summed E-state index contributed by atoms with van der Waals surface area (Å²) in [5.41, 5.74) is 5.65. The van der Waals surface area contributed by atoms with Crippen molar-refractivity contribution in [3.63, 3.8) is 0 Å². The molecule has 0 aliphatic carbocycles. The van der Waals surface area contributed by atoms with Gasteiger partial charge in [0.05, 0.1) is 34.5 Å². The monoisotopic (exact) mass is 469 g/mol. The maximum absolute atomic E-state index is 12.4. The molecule has 0 radical (unpaired) electrons. The van der Waals surface area contributed by atoms with Crippen molar-refractivity contribution in [1.82, 2.24) is 10.1 Å². The van der Waals surface area contributed by atoms with Crippen LogP contribution in [0.3, 0.4) is 0 Å². The predicted octanol–water partition coefficient (Wildman–Crippen LogP) is 2.44. The van der Waals surface area contributed by atoms with Crippen LogP contribution in [0.5, 0.6) is 5.75 Å². The molecule has 0 bridgehead atoms. The van der Waals surface area contributed by atoms with E-state index >= 15 is 0 Å². The van der Waals surface area contributed by atoms with Gasteiger partial charge in [-0.3, -0.25) is 9.78 Å². The number of nitrogens with two attached hydrogens (primary N) is 1. The molecule has 9 nitrogen and oxygen atoms in total. The fourth-order valence-electron chi connectivity index (χ4n) is 2.62. The van der Waals surface area contributed by atoms with E-state index in [9.17, 15) is 15.0 Å². The van der Waals surface area contributed by atoms with Gasteiger partial charge in [-0.2, -0.15) is 0 Å². The number of fused-ring (bicyclic) bond motifs is 1. The third-order valence-corrected chi connectivity index (χ3v) is 5.13. The number of carbonyl (C=O) groups is 1. The molecule has 1 aromatic carbocycles. The lowest BCUT2D eigenvalue weighted by Gasteiger charge is -2.24. The van der Waals surface area contributed by atoms with Crippen molar-refractivity contribution in [2.75, 3.05) is 19.8 Å². The third kappa shape index (κ3) is 5.44. The number of benzene rings is 1. The van der Waals surface area contributed by atoms with Gasteiger partial charge in [0, 0.05) is 17.6 Å². The number of aliphatic hydroxyl groups excluding tert-OH is 2. The molecule has 0 aliphatic rings. The molecule has 1 atom stereocenters. The summed E-state index contributed by atoms with van der Waals surface area (Å²) >= 11 is 12.2. The highest BCUT2D eigenvalue weighted by atomic mass is 35.5. The van der Waals surface area contributed by atoms with Crippen LogP contribution < -0.4 is 10.5 Å². The van der Waals surface area contributed by atoms with Crippen LogP contribution in [0.25, 0.3) is 11.0 Å². The number of rotatable bonds is 9. The second-order valence-electron chi connectivity index (χ2n) is 7.11. The van der Waals surface area contributed by atoms with Crippen LogP contribution in [0.15, 0.2) is 35.0 Å². The van der Waals surface area contributed by atoms with Crippen LogP contribution in [0.2, 0.25) is 10.0 Å². The first-order chi connectivity index (χ1) is 14.8. The van der Waals surface area contributed by atoms with E-state index in [1.165, 1.54) is 6.20 Å². The van der Waals surface area contributed by atoms with Crippen molar-refractivity contribution in [3.05, 3.63) is 51.9 Å². The number of halogens is 2. The van der Waals surface area contributed by atoms with Gasteiger partial charge in [-0.15, -0.1) is 0 Å². The molecule has 11 heteroatoms. The number of aliphatic hydroxyl groups is 2. The van der Waals surface area contributed by atoms with Crippen LogP contribution >= 0.6 is 23.2 Å². The zero-order valence-electron chi connectivity index (χ0n) is 16.5. The summed E-state index contributed by atoms with van der Waals surface area (Å²) in [5, 5.41) is 23.7. The normalized spacial score (nSPS) is 12.7. The Bertz CT molecular complexity index is 1050. The van der Waals surface area contributed by atoms with Gasteiger partial charge in [0.1, 0.15) is 30.6 Å². The highest BCUT2D eigenvalue weighted by Crippen LogP contribution is 2.34. The van der Waals surface area contributed by atoms with Crippen molar-refractivity contribution in [2.45, 2.75) is 25.0 Å². The molecule has 3 rings (SSSR count). The number of pyridine rings is 1. The van der Waals surface area contributed by atoms with Gasteiger partial charge in [-0.25, -0.2) is 0 Å². The zero-order valence-corrected chi connectivity index (χ0v) is 18.1. The molecular formula is C20H21Cl2N3O6. The molecule has 0 saturated carbocycles. The largest absolute Gasteiger partial charge is 0.486 e. The van der Waals surface area contributed by atoms with Gasteiger partial charge in [-0.05, 0) is 25.1 Å². The summed E-state index contributed by atoms with van der Waals surface area (Å²) in [4.78, 5) is 16.6. The van der Waals surface area contributed by atoms with E-state index in [-0.39, 0.29) is 13.2 Å². The van der Waals surface area contributed by atoms with Gasteiger partial charge in [0.15, 0.2) is 5.58 Å². The first-order valence-electron chi connectivity index (χ1n) is 9.25. The number of esters is 1. The second kappa shape index (κ2) is 9.80. The quantitative estimate of drug-likeness (QED) is 0.402. The van der Waals surface area contributed by atoms with E-state index in [0.717, 1.165) is 0 Å². The number of carbonyl (C=O) groups excluding carboxylic acids is 1. The Morgan fingerprint density at radius 3 is 2.68 bits per heavy atom. The molecular weight excluding hydrogens is 449 g/mol.